The van der Waals surface area contributed by atoms with Gasteiger partial charge in [-0.15, -0.1) is 0 Å². The van der Waals surface area contributed by atoms with Gasteiger partial charge < -0.3 is 14.6 Å². The van der Waals surface area contributed by atoms with Gasteiger partial charge in [-0.25, -0.2) is 0 Å². The fraction of sp³-hybridized carbons (Fsp3) is 0.231. The van der Waals surface area contributed by atoms with E-state index in [1.807, 2.05) is 31.2 Å². The standard InChI is InChI=1S/C13H14O3/c1-8-11(14)9-6-4-5-7-10(9)13(16-3)12(8)15-2/h4-7,14H,1-3H3. The van der Waals surface area contributed by atoms with Gasteiger partial charge in [0.25, 0.3) is 0 Å². The first-order chi connectivity index (χ1) is 7.70. The molecule has 0 fully saturated rings. The van der Waals surface area contributed by atoms with Gasteiger partial charge in [0.05, 0.1) is 14.2 Å². The van der Waals surface area contributed by atoms with Crippen molar-refractivity contribution in [3.8, 4) is 17.2 Å². The SMILES string of the molecule is COc1c(C)c(O)c2ccccc2c1OC. The number of aromatic hydroxyl groups is 1. The third kappa shape index (κ3) is 1.36. The van der Waals surface area contributed by atoms with E-state index in [1.165, 1.54) is 0 Å². The number of hydrogen-bond donors (Lipinski definition) is 1. The Kier molecular flexibility index (Phi) is 2.60. The van der Waals surface area contributed by atoms with Crippen LogP contribution in [-0.4, -0.2) is 19.3 Å². The molecule has 3 nitrogen and oxygen atoms in total. The van der Waals surface area contributed by atoms with Crippen LogP contribution in [0.15, 0.2) is 24.3 Å². The first-order valence-electron chi connectivity index (χ1n) is 5.03. The highest BCUT2D eigenvalue weighted by atomic mass is 16.5. The molecule has 0 bridgehead atoms. The van der Waals surface area contributed by atoms with Crippen LogP contribution in [0.25, 0.3) is 10.8 Å². The van der Waals surface area contributed by atoms with Crippen molar-refractivity contribution >= 4 is 10.8 Å². The van der Waals surface area contributed by atoms with Crippen molar-refractivity contribution in [1.29, 1.82) is 0 Å². The normalized spacial score (nSPS) is 10.4. The Morgan fingerprint density at radius 2 is 1.50 bits per heavy atom. The van der Waals surface area contributed by atoms with Crippen molar-refractivity contribution in [3.05, 3.63) is 29.8 Å². The summed E-state index contributed by atoms with van der Waals surface area (Å²) in [6, 6.07) is 7.54. The van der Waals surface area contributed by atoms with Crippen molar-refractivity contribution in [3.63, 3.8) is 0 Å². The molecule has 2 aromatic rings. The number of fused-ring (bicyclic) bond motifs is 1. The fourth-order valence-corrected chi connectivity index (χ4v) is 1.94. The zero-order valence-corrected chi connectivity index (χ0v) is 9.57. The number of methoxy groups -OCH3 is 2. The van der Waals surface area contributed by atoms with Gasteiger partial charge in [0, 0.05) is 16.3 Å². The van der Waals surface area contributed by atoms with Gasteiger partial charge in [-0.05, 0) is 6.92 Å². The molecule has 0 aromatic heterocycles. The average Bonchev–Trinajstić information content (AvgIpc) is 2.33. The van der Waals surface area contributed by atoms with E-state index in [2.05, 4.69) is 0 Å². The molecule has 84 valence electrons. The van der Waals surface area contributed by atoms with Crippen molar-refractivity contribution in [2.75, 3.05) is 14.2 Å². The molecule has 0 spiro atoms. The topological polar surface area (TPSA) is 38.7 Å². The number of rotatable bonds is 2. The number of ether oxygens (including phenoxy) is 2. The van der Waals surface area contributed by atoms with Gasteiger partial charge in [0.2, 0.25) is 0 Å². The lowest BCUT2D eigenvalue weighted by molar-refractivity contribution is 0.353. The summed E-state index contributed by atoms with van der Waals surface area (Å²) >= 11 is 0. The van der Waals surface area contributed by atoms with Crippen LogP contribution in [0.5, 0.6) is 17.2 Å². The monoisotopic (exact) mass is 218 g/mol. The van der Waals surface area contributed by atoms with E-state index >= 15 is 0 Å². The van der Waals surface area contributed by atoms with Crippen LogP contribution in [-0.2, 0) is 0 Å². The largest absolute Gasteiger partial charge is 0.507 e. The first kappa shape index (κ1) is 10.6. The minimum absolute atomic E-state index is 0.244. The number of benzene rings is 2. The Hall–Kier alpha value is -1.90. The number of phenols is 1. The predicted octanol–water partition coefficient (Wildman–Crippen LogP) is 2.87. The van der Waals surface area contributed by atoms with Crippen LogP contribution >= 0.6 is 0 Å². The molecular weight excluding hydrogens is 204 g/mol. The molecule has 0 radical (unpaired) electrons. The molecule has 0 aliphatic heterocycles. The highest BCUT2D eigenvalue weighted by molar-refractivity contribution is 5.96. The van der Waals surface area contributed by atoms with Crippen molar-refractivity contribution in [2.45, 2.75) is 6.92 Å². The molecule has 3 heteroatoms. The Morgan fingerprint density at radius 3 is 2.06 bits per heavy atom. The molecule has 0 unspecified atom stereocenters. The lowest BCUT2D eigenvalue weighted by atomic mass is 10.0. The predicted molar refractivity (Wildman–Crippen MR) is 63.5 cm³/mol. The average molecular weight is 218 g/mol. The van der Waals surface area contributed by atoms with E-state index in [-0.39, 0.29) is 5.75 Å². The number of hydrogen-bond acceptors (Lipinski definition) is 3. The molecule has 0 atom stereocenters. The van der Waals surface area contributed by atoms with Gasteiger partial charge in [-0.1, -0.05) is 24.3 Å². The van der Waals surface area contributed by atoms with Crippen LogP contribution in [0.3, 0.4) is 0 Å². The maximum Gasteiger partial charge on any atom is 0.169 e. The summed E-state index contributed by atoms with van der Waals surface area (Å²) in [6.07, 6.45) is 0. The zero-order chi connectivity index (χ0) is 11.7. The highest BCUT2D eigenvalue weighted by Crippen LogP contribution is 2.44. The van der Waals surface area contributed by atoms with Gasteiger partial charge >= 0.3 is 0 Å². The number of phenolic OH excluding ortho intramolecular Hbond substituents is 1. The zero-order valence-electron chi connectivity index (χ0n) is 9.57. The molecule has 2 rings (SSSR count). The second-order valence-electron chi connectivity index (χ2n) is 3.59. The van der Waals surface area contributed by atoms with Crippen LogP contribution in [0.4, 0.5) is 0 Å². The van der Waals surface area contributed by atoms with Gasteiger partial charge in [-0.2, -0.15) is 0 Å². The van der Waals surface area contributed by atoms with Crippen molar-refractivity contribution < 1.29 is 14.6 Å². The van der Waals surface area contributed by atoms with Gasteiger partial charge in [-0.3, -0.25) is 0 Å². The Labute approximate surface area is 94.2 Å². The van der Waals surface area contributed by atoms with Gasteiger partial charge in [0.15, 0.2) is 11.5 Å². The minimum Gasteiger partial charge on any atom is -0.507 e. The molecule has 0 saturated heterocycles. The van der Waals surface area contributed by atoms with Crippen molar-refractivity contribution in [1.82, 2.24) is 0 Å². The van der Waals surface area contributed by atoms with Gasteiger partial charge in [0.1, 0.15) is 5.75 Å². The molecule has 0 amide bonds. The Balaban J connectivity index is 2.94. The van der Waals surface area contributed by atoms with E-state index in [4.69, 9.17) is 9.47 Å². The van der Waals surface area contributed by atoms with Crippen molar-refractivity contribution in [2.24, 2.45) is 0 Å². The van der Waals surface area contributed by atoms with E-state index in [0.29, 0.717) is 17.1 Å². The summed E-state index contributed by atoms with van der Waals surface area (Å²) in [5.74, 6) is 1.49. The molecule has 0 saturated carbocycles. The summed E-state index contributed by atoms with van der Waals surface area (Å²) in [6.45, 7) is 1.81. The quantitative estimate of drug-likeness (QED) is 0.842. The molecule has 0 heterocycles. The Morgan fingerprint density at radius 1 is 0.938 bits per heavy atom. The smallest absolute Gasteiger partial charge is 0.169 e. The second kappa shape index (κ2) is 3.93. The molecule has 1 N–H and O–H groups in total. The second-order valence-corrected chi connectivity index (χ2v) is 3.59. The lowest BCUT2D eigenvalue weighted by Gasteiger charge is -2.15. The fourth-order valence-electron chi connectivity index (χ4n) is 1.94. The van der Waals surface area contributed by atoms with Crippen LogP contribution in [0.1, 0.15) is 5.56 Å². The van der Waals surface area contributed by atoms with E-state index in [0.717, 1.165) is 10.8 Å². The van der Waals surface area contributed by atoms with E-state index < -0.39 is 0 Å². The summed E-state index contributed by atoms with van der Waals surface area (Å²) in [7, 11) is 3.17. The maximum absolute atomic E-state index is 10.1. The Bertz CT molecular complexity index is 532. The molecule has 0 aliphatic rings. The summed E-state index contributed by atoms with van der Waals surface area (Å²) < 4.78 is 10.6. The summed E-state index contributed by atoms with van der Waals surface area (Å²) in [5.41, 5.74) is 0.693. The first-order valence-corrected chi connectivity index (χ1v) is 5.03. The third-order valence-corrected chi connectivity index (χ3v) is 2.74. The molecule has 2 aromatic carbocycles. The molecular formula is C13H14O3. The third-order valence-electron chi connectivity index (χ3n) is 2.74. The van der Waals surface area contributed by atoms with Crippen LogP contribution in [0, 0.1) is 6.92 Å². The van der Waals surface area contributed by atoms with E-state index in [9.17, 15) is 5.11 Å². The molecule has 16 heavy (non-hydrogen) atoms. The highest BCUT2D eigenvalue weighted by Gasteiger charge is 2.16. The molecule has 0 aliphatic carbocycles. The summed E-state index contributed by atoms with van der Waals surface area (Å²) in [4.78, 5) is 0. The van der Waals surface area contributed by atoms with E-state index in [1.54, 1.807) is 14.2 Å². The minimum atomic E-state index is 0.244. The van der Waals surface area contributed by atoms with Crippen LogP contribution < -0.4 is 9.47 Å². The maximum atomic E-state index is 10.1. The lowest BCUT2D eigenvalue weighted by Crippen LogP contribution is -1.95. The summed E-state index contributed by atoms with van der Waals surface area (Å²) in [5, 5.41) is 11.7. The van der Waals surface area contributed by atoms with Crippen LogP contribution in [0.2, 0.25) is 0 Å².